The highest BCUT2D eigenvalue weighted by Gasteiger charge is 2.19. The van der Waals surface area contributed by atoms with Crippen LogP contribution in [0.2, 0.25) is 0 Å². The maximum atomic E-state index is 11.4. The highest BCUT2D eigenvalue weighted by Crippen LogP contribution is 2.06. The monoisotopic (exact) mass is 260 g/mol. The summed E-state index contributed by atoms with van der Waals surface area (Å²) in [6.45, 7) is 7.81. The van der Waals surface area contributed by atoms with Gasteiger partial charge in [0.2, 0.25) is 5.91 Å². The second-order valence-corrected chi connectivity index (χ2v) is 5.38. The van der Waals surface area contributed by atoms with Gasteiger partial charge in [-0.05, 0) is 19.3 Å². The Kier molecular flexibility index (Phi) is 8.97. The number of nitrogens with one attached hydrogen (secondary N) is 2. The minimum absolute atomic E-state index is 0.0295. The van der Waals surface area contributed by atoms with Crippen molar-refractivity contribution in [3.8, 4) is 0 Å². The summed E-state index contributed by atoms with van der Waals surface area (Å²) in [6.07, 6.45) is 1.53. The second kappa shape index (κ2) is 9.30. The highest BCUT2D eigenvalue weighted by molar-refractivity contribution is 5.77. The molecule has 5 nitrogen and oxygen atoms in total. The van der Waals surface area contributed by atoms with E-state index in [0.29, 0.717) is 32.0 Å². The number of amides is 1. The lowest BCUT2D eigenvalue weighted by atomic mass is 10.0. The van der Waals surface area contributed by atoms with Gasteiger partial charge in [-0.3, -0.25) is 4.79 Å². The minimum atomic E-state index is -0.839. The van der Waals surface area contributed by atoms with Crippen LogP contribution in [0, 0.1) is 5.92 Å². The summed E-state index contributed by atoms with van der Waals surface area (Å²) in [5.74, 6) is 0.561. The predicted octanol–water partition coefficient (Wildman–Crippen LogP) is 0.526. The average molecular weight is 260 g/mol. The lowest BCUT2D eigenvalue weighted by Crippen LogP contribution is -2.43. The SMILES string of the molecule is COCCC(C)(O)CNCC(=O)NCCC(C)C. The molecule has 0 aromatic heterocycles. The van der Waals surface area contributed by atoms with Crippen molar-refractivity contribution in [3.05, 3.63) is 0 Å². The number of hydrogen-bond acceptors (Lipinski definition) is 4. The lowest BCUT2D eigenvalue weighted by molar-refractivity contribution is -0.120. The summed E-state index contributed by atoms with van der Waals surface area (Å²) < 4.78 is 4.91. The maximum Gasteiger partial charge on any atom is 0.233 e. The van der Waals surface area contributed by atoms with Crippen LogP contribution in [0.5, 0.6) is 0 Å². The van der Waals surface area contributed by atoms with Gasteiger partial charge in [-0.1, -0.05) is 13.8 Å². The van der Waals surface area contributed by atoms with E-state index in [2.05, 4.69) is 24.5 Å². The molecular formula is C13H28N2O3. The van der Waals surface area contributed by atoms with Crippen molar-refractivity contribution >= 4 is 5.91 Å². The standard InChI is InChI=1S/C13H28N2O3/c1-11(2)5-7-15-12(16)9-14-10-13(3,17)6-8-18-4/h11,14,17H,5-10H2,1-4H3,(H,15,16). The molecule has 0 aromatic rings. The fraction of sp³-hybridized carbons (Fsp3) is 0.923. The zero-order valence-electron chi connectivity index (χ0n) is 12.1. The molecule has 108 valence electrons. The summed E-state index contributed by atoms with van der Waals surface area (Å²) in [4.78, 5) is 11.4. The smallest absolute Gasteiger partial charge is 0.233 e. The van der Waals surface area contributed by atoms with E-state index in [1.54, 1.807) is 14.0 Å². The molecule has 1 unspecified atom stereocenters. The van der Waals surface area contributed by atoms with E-state index in [1.807, 2.05) is 0 Å². The number of hydrogen-bond donors (Lipinski definition) is 3. The normalized spacial score (nSPS) is 14.6. The van der Waals surface area contributed by atoms with Gasteiger partial charge in [-0.15, -0.1) is 0 Å². The van der Waals surface area contributed by atoms with Crippen molar-refractivity contribution in [1.82, 2.24) is 10.6 Å². The second-order valence-electron chi connectivity index (χ2n) is 5.38. The quantitative estimate of drug-likeness (QED) is 0.536. The van der Waals surface area contributed by atoms with Crippen molar-refractivity contribution in [1.29, 1.82) is 0 Å². The third-order valence-corrected chi connectivity index (χ3v) is 2.68. The zero-order chi connectivity index (χ0) is 14.0. The van der Waals surface area contributed by atoms with Crippen LogP contribution in [0.15, 0.2) is 0 Å². The molecule has 1 atom stereocenters. The summed E-state index contributed by atoms with van der Waals surface area (Å²) in [5, 5.41) is 15.7. The van der Waals surface area contributed by atoms with E-state index >= 15 is 0 Å². The van der Waals surface area contributed by atoms with Gasteiger partial charge in [0.25, 0.3) is 0 Å². The van der Waals surface area contributed by atoms with E-state index in [9.17, 15) is 9.90 Å². The van der Waals surface area contributed by atoms with Gasteiger partial charge in [0.15, 0.2) is 0 Å². The molecule has 0 spiro atoms. The first kappa shape index (κ1) is 17.4. The molecule has 0 radical (unpaired) electrons. The fourth-order valence-electron chi connectivity index (χ4n) is 1.42. The van der Waals surface area contributed by atoms with E-state index in [0.717, 1.165) is 6.42 Å². The van der Waals surface area contributed by atoms with Gasteiger partial charge in [-0.25, -0.2) is 0 Å². The number of methoxy groups -OCH3 is 1. The Morgan fingerprint density at radius 1 is 1.44 bits per heavy atom. The molecule has 5 heteroatoms. The summed E-state index contributed by atoms with van der Waals surface area (Å²) >= 11 is 0. The molecule has 0 saturated carbocycles. The lowest BCUT2D eigenvalue weighted by Gasteiger charge is -2.23. The van der Waals surface area contributed by atoms with Crippen LogP contribution < -0.4 is 10.6 Å². The highest BCUT2D eigenvalue weighted by atomic mass is 16.5. The maximum absolute atomic E-state index is 11.4. The number of aliphatic hydroxyl groups is 1. The van der Waals surface area contributed by atoms with Crippen molar-refractivity contribution < 1.29 is 14.6 Å². The largest absolute Gasteiger partial charge is 0.389 e. The van der Waals surface area contributed by atoms with Gasteiger partial charge in [0, 0.05) is 33.2 Å². The molecule has 0 heterocycles. The number of carbonyl (C=O) groups excluding carboxylic acids is 1. The Labute approximate surface area is 110 Å². The molecule has 18 heavy (non-hydrogen) atoms. The van der Waals surface area contributed by atoms with E-state index in [1.165, 1.54) is 0 Å². The predicted molar refractivity (Wildman–Crippen MR) is 72.5 cm³/mol. The van der Waals surface area contributed by atoms with Crippen LogP contribution in [0.4, 0.5) is 0 Å². The summed E-state index contributed by atoms with van der Waals surface area (Å²) in [6, 6.07) is 0. The van der Waals surface area contributed by atoms with Crippen LogP contribution in [0.25, 0.3) is 0 Å². The van der Waals surface area contributed by atoms with E-state index in [4.69, 9.17) is 4.74 Å². The molecule has 3 N–H and O–H groups in total. The molecule has 0 saturated heterocycles. The fourth-order valence-corrected chi connectivity index (χ4v) is 1.42. The Bertz CT molecular complexity index is 230. The van der Waals surface area contributed by atoms with Crippen molar-refractivity contribution in [3.63, 3.8) is 0 Å². The molecule has 0 fully saturated rings. The molecule has 0 bridgehead atoms. The van der Waals surface area contributed by atoms with Crippen LogP contribution in [-0.4, -0.2) is 50.0 Å². The Morgan fingerprint density at radius 3 is 2.67 bits per heavy atom. The van der Waals surface area contributed by atoms with Crippen LogP contribution in [-0.2, 0) is 9.53 Å². The van der Waals surface area contributed by atoms with Gasteiger partial charge in [0.05, 0.1) is 12.1 Å². The number of rotatable bonds is 10. The molecule has 0 aliphatic carbocycles. The third-order valence-electron chi connectivity index (χ3n) is 2.68. The van der Waals surface area contributed by atoms with Gasteiger partial charge >= 0.3 is 0 Å². The molecule has 0 aliphatic rings. The first-order chi connectivity index (χ1) is 8.37. The summed E-state index contributed by atoms with van der Waals surface area (Å²) in [7, 11) is 1.60. The first-order valence-corrected chi connectivity index (χ1v) is 6.56. The average Bonchev–Trinajstić information content (AvgIpc) is 2.25. The van der Waals surface area contributed by atoms with Gasteiger partial charge < -0.3 is 20.5 Å². The number of ether oxygens (including phenoxy) is 1. The zero-order valence-corrected chi connectivity index (χ0v) is 12.1. The molecule has 0 rings (SSSR count). The van der Waals surface area contributed by atoms with Crippen LogP contribution in [0.3, 0.4) is 0 Å². The molecule has 0 aliphatic heterocycles. The molecule has 0 aromatic carbocycles. The van der Waals surface area contributed by atoms with E-state index in [-0.39, 0.29) is 12.5 Å². The van der Waals surface area contributed by atoms with E-state index < -0.39 is 5.60 Å². The third kappa shape index (κ3) is 10.5. The molecule has 1 amide bonds. The summed E-state index contributed by atoms with van der Waals surface area (Å²) in [5.41, 5.74) is -0.839. The molecular weight excluding hydrogens is 232 g/mol. The first-order valence-electron chi connectivity index (χ1n) is 6.56. The Balaban J connectivity index is 3.60. The van der Waals surface area contributed by atoms with Crippen molar-refractivity contribution in [2.24, 2.45) is 5.92 Å². The number of carbonyl (C=O) groups is 1. The van der Waals surface area contributed by atoms with Crippen LogP contribution in [0.1, 0.15) is 33.6 Å². The Morgan fingerprint density at radius 2 is 2.11 bits per heavy atom. The topological polar surface area (TPSA) is 70.6 Å². The Hall–Kier alpha value is -0.650. The minimum Gasteiger partial charge on any atom is -0.389 e. The van der Waals surface area contributed by atoms with Gasteiger partial charge in [0.1, 0.15) is 0 Å². The van der Waals surface area contributed by atoms with Crippen LogP contribution >= 0.6 is 0 Å². The van der Waals surface area contributed by atoms with Crippen molar-refractivity contribution in [2.75, 3.05) is 33.4 Å². The van der Waals surface area contributed by atoms with Crippen molar-refractivity contribution in [2.45, 2.75) is 39.2 Å². The van der Waals surface area contributed by atoms with Gasteiger partial charge in [-0.2, -0.15) is 0 Å².